The zero-order valence-corrected chi connectivity index (χ0v) is 16.4. The molecule has 0 bridgehead atoms. The van der Waals surface area contributed by atoms with E-state index in [2.05, 4.69) is 15.3 Å². The molecule has 0 amide bonds. The van der Waals surface area contributed by atoms with E-state index >= 15 is 0 Å². The molecule has 0 aromatic carbocycles. The van der Waals surface area contributed by atoms with Crippen LogP contribution in [-0.4, -0.2) is 64.9 Å². The van der Waals surface area contributed by atoms with E-state index in [4.69, 9.17) is 4.74 Å². The Balaban J connectivity index is 1.68. The van der Waals surface area contributed by atoms with Crippen LogP contribution in [0.2, 0.25) is 0 Å². The average Bonchev–Trinajstić information content (AvgIpc) is 2.93. The third kappa shape index (κ3) is 4.66. The number of nitrogens with zero attached hydrogens (tertiary/aromatic N) is 4. The van der Waals surface area contributed by atoms with Gasteiger partial charge in [0, 0.05) is 19.1 Å². The summed E-state index contributed by atoms with van der Waals surface area (Å²) in [6, 6.07) is 2.06. The standard InChI is InChI=1S/C17H25N5O4S/c1-17(23)7-3-4-14(17)26-15-12(10-18)11-19-16(21-15)20-13-5-8-22(9-6-13)27(2,24)25/h11,13-14,23H,3-9H2,1-2H3,(H,19,20,21). The summed E-state index contributed by atoms with van der Waals surface area (Å²) in [6.45, 7) is 2.62. The molecular weight excluding hydrogens is 370 g/mol. The Morgan fingerprint density at radius 2 is 2.11 bits per heavy atom. The maximum Gasteiger partial charge on any atom is 0.236 e. The molecule has 0 spiro atoms. The van der Waals surface area contributed by atoms with Gasteiger partial charge in [-0.2, -0.15) is 10.2 Å². The van der Waals surface area contributed by atoms with Crippen LogP contribution in [0.4, 0.5) is 5.95 Å². The molecule has 2 aliphatic rings. The third-order valence-corrected chi connectivity index (χ3v) is 6.53. The lowest BCUT2D eigenvalue weighted by molar-refractivity contribution is -0.0271. The Kier molecular flexibility index (Phi) is 5.55. The van der Waals surface area contributed by atoms with Gasteiger partial charge >= 0.3 is 0 Å². The maximum absolute atomic E-state index is 11.6. The Bertz CT molecular complexity index is 828. The highest BCUT2D eigenvalue weighted by Gasteiger charge is 2.39. The van der Waals surface area contributed by atoms with Crippen molar-refractivity contribution < 1.29 is 18.3 Å². The van der Waals surface area contributed by atoms with Crippen LogP contribution in [0, 0.1) is 11.3 Å². The van der Waals surface area contributed by atoms with Crippen molar-refractivity contribution in [2.75, 3.05) is 24.7 Å². The summed E-state index contributed by atoms with van der Waals surface area (Å²) in [5, 5.41) is 22.9. The van der Waals surface area contributed by atoms with E-state index in [1.165, 1.54) is 16.8 Å². The first-order valence-corrected chi connectivity index (χ1v) is 10.9. The van der Waals surface area contributed by atoms with Gasteiger partial charge in [0.1, 0.15) is 17.7 Å². The molecule has 1 aliphatic carbocycles. The van der Waals surface area contributed by atoms with Crippen molar-refractivity contribution in [1.29, 1.82) is 5.26 Å². The SMILES string of the molecule is CC1(O)CCCC1Oc1nc(NC2CCN(S(C)(=O)=O)CC2)ncc1C#N. The number of rotatable bonds is 5. The minimum atomic E-state index is -3.17. The fraction of sp³-hybridized carbons (Fsp3) is 0.706. The van der Waals surface area contributed by atoms with E-state index in [0.29, 0.717) is 44.7 Å². The van der Waals surface area contributed by atoms with Crippen LogP contribution in [0.3, 0.4) is 0 Å². The molecule has 10 heteroatoms. The summed E-state index contributed by atoms with van der Waals surface area (Å²) >= 11 is 0. The number of hydrogen-bond donors (Lipinski definition) is 2. The molecule has 3 rings (SSSR count). The smallest absolute Gasteiger partial charge is 0.236 e. The lowest BCUT2D eigenvalue weighted by Crippen LogP contribution is -2.42. The number of nitriles is 1. The topological polar surface area (TPSA) is 128 Å². The van der Waals surface area contributed by atoms with E-state index < -0.39 is 21.7 Å². The van der Waals surface area contributed by atoms with Gasteiger partial charge in [0.2, 0.25) is 21.9 Å². The van der Waals surface area contributed by atoms with Gasteiger partial charge in [-0.3, -0.25) is 0 Å². The summed E-state index contributed by atoms with van der Waals surface area (Å²) in [7, 11) is -3.17. The molecule has 1 aromatic rings. The second-order valence-corrected chi connectivity index (χ2v) is 9.44. The minimum Gasteiger partial charge on any atom is -0.470 e. The van der Waals surface area contributed by atoms with Gasteiger partial charge in [0.25, 0.3) is 0 Å². The first kappa shape index (κ1) is 19.8. The molecule has 1 aromatic heterocycles. The molecule has 1 saturated carbocycles. The van der Waals surface area contributed by atoms with Crippen molar-refractivity contribution in [3.8, 4) is 11.9 Å². The maximum atomic E-state index is 11.6. The van der Waals surface area contributed by atoms with Crippen LogP contribution in [-0.2, 0) is 10.0 Å². The normalized spacial score (nSPS) is 27.3. The van der Waals surface area contributed by atoms with Crippen molar-refractivity contribution in [1.82, 2.24) is 14.3 Å². The molecule has 2 fully saturated rings. The van der Waals surface area contributed by atoms with Crippen LogP contribution in [0.5, 0.6) is 5.88 Å². The van der Waals surface area contributed by atoms with Gasteiger partial charge < -0.3 is 15.2 Å². The molecule has 148 valence electrons. The predicted octanol–water partition coefficient (Wildman–Crippen LogP) is 0.866. The van der Waals surface area contributed by atoms with E-state index in [1.807, 2.05) is 6.07 Å². The monoisotopic (exact) mass is 395 g/mol. The molecule has 2 heterocycles. The van der Waals surface area contributed by atoms with Gasteiger partial charge in [0.05, 0.1) is 18.1 Å². The van der Waals surface area contributed by atoms with Crippen molar-refractivity contribution in [2.45, 2.75) is 56.8 Å². The highest BCUT2D eigenvalue weighted by molar-refractivity contribution is 7.88. The second kappa shape index (κ2) is 7.58. The van der Waals surface area contributed by atoms with Gasteiger partial charge in [0.15, 0.2) is 0 Å². The first-order valence-electron chi connectivity index (χ1n) is 9.07. The van der Waals surface area contributed by atoms with E-state index in [1.54, 1.807) is 6.92 Å². The molecule has 1 saturated heterocycles. The molecule has 2 N–H and O–H groups in total. The van der Waals surface area contributed by atoms with Crippen LogP contribution < -0.4 is 10.1 Å². The number of piperidine rings is 1. The number of hydrogen-bond acceptors (Lipinski definition) is 8. The quantitative estimate of drug-likeness (QED) is 0.751. The van der Waals surface area contributed by atoms with Crippen LogP contribution in [0.15, 0.2) is 6.20 Å². The summed E-state index contributed by atoms with van der Waals surface area (Å²) in [5.41, 5.74) is -0.723. The fourth-order valence-corrected chi connectivity index (χ4v) is 4.43. The second-order valence-electron chi connectivity index (χ2n) is 7.46. The molecule has 1 aliphatic heterocycles. The van der Waals surface area contributed by atoms with Gasteiger partial charge in [-0.25, -0.2) is 17.7 Å². The molecule has 2 atom stereocenters. The van der Waals surface area contributed by atoms with Crippen molar-refractivity contribution in [3.63, 3.8) is 0 Å². The van der Waals surface area contributed by atoms with Crippen molar-refractivity contribution in [3.05, 3.63) is 11.8 Å². The lowest BCUT2D eigenvalue weighted by atomic mass is 10.0. The average molecular weight is 395 g/mol. The number of anilines is 1. The van der Waals surface area contributed by atoms with Crippen LogP contribution in [0.1, 0.15) is 44.6 Å². The zero-order chi connectivity index (χ0) is 19.7. The summed E-state index contributed by atoms with van der Waals surface area (Å²) < 4.78 is 30.5. The summed E-state index contributed by atoms with van der Waals surface area (Å²) in [6.07, 6.45) is 5.70. The van der Waals surface area contributed by atoms with Crippen molar-refractivity contribution >= 4 is 16.0 Å². The van der Waals surface area contributed by atoms with Crippen LogP contribution >= 0.6 is 0 Å². The number of aliphatic hydroxyl groups is 1. The molecule has 9 nitrogen and oxygen atoms in total. The van der Waals surface area contributed by atoms with E-state index in [0.717, 1.165) is 6.42 Å². The van der Waals surface area contributed by atoms with Gasteiger partial charge in [-0.1, -0.05) is 0 Å². The summed E-state index contributed by atoms with van der Waals surface area (Å²) in [4.78, 5) is 8.49. The summed E-state index contributed by atoms with van der Waals surface area (Å²) in [5.74, 6) is 0.496. The number of ether oxygens (including phenoxy) is 1. The fourth-order valence-electron chi connectivity index (χ4n) is 3.55. The number of aromatic nitrogens is 2. The molecule has 0 radical (unpaired) electrons. The van der Waals surface area contributed by atoms with E-state index in [9.17, 15) is 18.8 Å². The number of nitrogens with one attached hydrogen (secondary N) is 1. The molecular formula is C17H25N5O4S. The van der Waals surface area contributed by atoms with Crippen molar-refractivity contribution in [2.24, 2.45) is 0 Å². The van der Waals surface area contributed by atoms with Gasteiger partial charge in [-0.05, 0) is 39.0 Å². The Hall–Kier alpha value is -1.96. The zero-order valence-electron chi connectivity index (χ0n) is 15.6. The van der Waals surface area contributed by atoms with Crippen LogP contribution in [0.25, 0.3) is 0 Å². The Morgan fingerprint density at radius 3 is 2.67 bits per heavy atom. The Labute approximate surface area is 159 Å². The predicted molar refractivity (Wildman–Crippen MR) is 98.7 cm³/mol. The minimum absolute atomic E-state index is 0.0402. The first-order chi connectivity index (χ1) is 12.7. The Morgan fingerprint density at radius 1 is 1.41 bits per heavy atom. The molecule has 27 heavy (non-hydrogen) atoms. The highest BCUT2D eigenvalue weighted by Crippen LogP contribution is 2.33. The largest absolute Gasteiger partial charge is 0.470 e. The lowest BCUT2D eigenvalue weighted by Gasteiger charge is -2.30. The molecule has 2 unspecified atom stereocenters. The highest BCUT2D eigenvalue weighted by atomic mass is 32.2. The van der Waals surface area contributed by atoms with Gasteiger partial charge in [-0.15, -0.1) is 0 Å². The number of sulfonamides is 1. The van der Waals surface area contributed by atoms with E-state index in [-0.39, 0.29) is 17.5 Å². The third-order valence-electron chi connectivity index (χ3n) is 5.23.